The number of carbonyl (C=O) groups excluding carboxylic acids is 1. The molecule has 0 aromatic carbocycles. The third-order valence-corrected chi connectivity index (χ3v) is 22.0. The normalized spacial score (nSPS) is 29.8. The predicted molar refractivity (Wildman–Crippen MR) is 202 cm³/mol. The second kappa shape index (κ2) is 14.9. The van der Waals surface area contributed by atoms with E-state index in [2.05, 4.69) is 107 Å². The standard InChI is InChI=1S/C40H70O5Si2/c1-27(23-32(41)24-28(2)37(42)43-11)33-20-21-34-31(17-16-22-40(33,34)10)19-18-30-25-35(44-46(12,13)38(4,5)6)29(3)36(26-30)45-47(14,15)39(7,8)9/h18-19,27,32-36,41H,2-3,16-17,20-26H2,1,4-15H3/t27-,32-,33?,34?,35-,36-,40-/m1/s1. The topological polar surface area (TPSA) is 65.0 Å². The summed E-state index contributed by atoms with van der Waals surface area (Å²) in [4.78, 5) is 11.8. The van der Waals surface area contributed by atoms with Gasteiger partial charge in [0.15, 0.2) is 16.6 Å². The Morgan fingerprint density at radius 3 is 2.02 bits per heavy atom. The molecule has 0 aromatic rings. The number of carbonyl (C=O) groups is 1. The Labute approximate surface area is 291 Å². The Kier molecular flexibility index (Phi) is 12.8. The molecule has 2 unspecified atom stereocenters. The Hall–Kier alpha value is -1.26. The van der Waals surface area contributed by atoms with Gasteiger partial charge in [-0.15, -0.1) is 0 Å². The van der Waals surface area contributed by atoms with Crippen LogP contribution in [0, 0.1) is 23.2 Å². The van der Waals surface area contributed by atoms with Crippen LogP contribution in [0.4, 0.5) is 0 Å². The molecule has 0 aliphatic heterocycles. The summed E-state index contributed by atoms with van der Waals surface area (Å²) in [7, 11) is -2.66. The van der Waals surface area contributed by atoms with Crippen molar-refractivity contribution in [3.8, 4) is 0 Å². The number of esters is 1. The minimum Gasteiger partial charge on any atom is -0.466 e. The van der Waals surface area contributed by atoms with Gasteiger partial charge in [0.25, 0.3) is 0 Å². The van der Waals surface area contributed by atoms with Gasteiger partial charge in [-0.2, -0.15) is 0 Å². The molecule has 268 valence electrons. The molecular formula is C40H70O5Si2. The lowest BCUT2D eigenvalue weighted by Crippen LogP contribution is -2.49. The molecule has 3 fully saturated rings. The van der Waals surface area contributed by atoms with Crippen LogP contribution in [0.3, 0.4) is 0 Å². The van der Waals surface area contributed by atoms with E-state index in [0.717, 1.165) is 24.8 Å². The fraction of sp³-hybridized carbons (Fsp3) is 0.775. The number of aliphatic hydroxyl groups excluding tert-OH is 1. The first-order valence-electron chi connectivity index (χ1n) is 18.3. The summed E-state index contributed by atoms with van der Waals surface area (Å²) in [5, 5.41) is 11.1. The first kappa shape index (κ1) is 40.2. The number of methoxy groups -OCH3 is 1. The van der Waals surface area contributed by atoms with Crippen LogP contribution >= 0.6 is 0 Å². The van der Waals surface area contributed by atoms with Crippen LogP contribution in [0.15, 0.2) is 47.6 Å². The molecule has 5 nitrogen and oxygen atoms in total. The van der Waals surface area contributed by atoms with Crippen molar-refractivity contribution in [3.63, 3.8) is 0 Å². The molecule has 0 amide bonds. The highest BCUT2D eigenvalue weighted by Gasteiger charge is 2.51. The maximum atomic E-state index is 11.8. The zero-order valence-electron chi connectivity index (χ0n) is 32.5. The summed E-state index contributed by atoms with van der Waals surface area (Å²) < 4.78 is 18.9. The maximum Gasteiger partial charge on any atom is 0.333 e. The summed E-state index contributed by atoms with van der Waals surface area (Å²) in [6.07, 6.45) is 13.0. The zero-order valence-corrected chi connectivity index (χ0v) is 34.5. The summed E-state index contributed by atoms with van der Waals surface area (Å²) in [6.45, 7) is 36.5. The van der Waals surface area contributed by atoms with Crippen LogP contribution in [0.2, 0.25) is 36.3 Å². The second-order valence-corrected chi connectivity index (χ2v) is 28.1. The van der Waals surface area contributed by atoms with Crippen molar-refractivity contribution in [2.75, 3.05) is 7.11 Å². The van der Waals surface area contributed by atoms with Gasteiger partial charge in [0, 0.05) is 12.0 Å². The van der Waals surface area contributed by atoms with Gasteiger partial charge in [-0.25, -0.2) is 4.79 Å². The zero-order chi connectivity index (χ0) is 35.8. The van der Waals surface area contributed by atoms with Crippen molar-refractivity contribution in [2.24, 2.45) is 23.2 Å². The molecule has 0 saturated heterocycles. The smallest absolute Gasteiger partial charge is 0.333 e. The van der Waals surface area contributed by atoms with E-state index in [1.807, 2.05) is 0 Å². The number of aliphatic hydroxyl groups is 1. The van der Waals surface area contributed by atoms with Crippen LogP contribution in [0.5, 0.6) is 0 Å². The molecule has 3 saturated carbocycles. The lowest BCUT2D eigenvalue weighted by atomic mass is 9.60. The first-order chi connectivity index (χ1) is 21.4. The number of rotatable bonds is 11. The minimum absolute atomic E-state index is 0.0147. The predicted octanol–water partition coefficient (Wildman–Crippen LogP) is 10.7. The van der Waals surface area contributed by atoms with E-state index in [1.165, 1.54) is 38.4 Å². The van der Waals surface area contributed by atoms with E-state index in [9.17, 15) is 9.90 Å². The van der Waals surface area contributed by atoms with E-state index in [0.29, 0.717) is 29.7 Å². The maximum absolute atomic E-state index is 11.8. The molecule has 3 aliphatic carbocycles. The largest absolute Gasteiger partial charge is 0.466 e. The summed E-state index contributed by atoms with van der Waals surface area (Å²) >= 11 is 0. The molecule has 0 radical (unpaired) electrons. The van der Waals surface area contributed by atoms with Gasteiger partial charge < -0.3 is 18.7 Å². The van der Waals surface area contributed by atoms with Gasteiger partial charge in [-0.05, 0) is 116 Å². The molecule has 7 heteroatoms. The van der Waals surface area contributed by atoms with Crippen LogP contribution in [-0.4, -0.2) is 53.1 Å². The molecular weight excluding hydrogens is 617 g/mol. The quantitative estimate of drug-likeness (QED) is 0.101. The Balaban J connectivity index is 1.84. The number of ether oxygens (including phenoxy) is 1. The van der Waals surface area contributed by atoms with E-state index in [-0.39, 0.29) is 34.1 Å². The highest BCUT2D eigenvalue weighted by Crippen LogP contribution is 2.60. The van der Waals surface area contributed by atoms with Gasteiger partial charge in [0.2, 0.25) is 0 Å². The lowest BCUT2D eigenvalue weighted by Gasteiger charge is -2.46. The number of hydrogen-bond acceptors (Lipinski definition) is 5. The number of fused-ring (bicyclic) bond motifs is 1. The van der Waals surface area contributed by atoms with Crippen molar-refractivity contribution in [1.82, 2.24) is 0 Å². The van der Waals surface area contributed by atoms with Gasteiger partial charge in [0.1, 0.15) is 0 Å². The number of allylic oxidation sites excluding steroid dienone is 3. The van der Waals surface area contributed by atoms with Gasteiger partial charge >= 0.3 is 5.97 Å². The molecule has 0 aromatic heterocycles. The van der Waals surface area contributed by atoms with E-state index in [1.54, 1.807) is 5.57 Å². The first-order valence-corrected chi connectivity index (χ1v) is 24.1. The van der Waals surface area contributed by atoms with Gasteiger partial charge in [0.05, 0.1) is 25.4 Å². The molecule has 3 rings (SSSR count). The van der Waals surface area contributed by atoms with E-state index >= 15 is 0 Å². The van der Waals surface area contributed by atoms with Crippen molar-refractivity contribution >= 4 is 22.6 Å². The second-order valence-electron chi connectivity index (χ2n) is 18.5. The van der Waals surface area contributed by atoms with E-state index in [4.69, 9.17) is 13.6 Å². The third-order valence-electron chi connectivity index (χ3n) is 13.1. The Morgan fingerprint density at radius 1 is 1.00 bits per heavy atom. The Morgan fingerprint density at radius 2 is 1.53 bits per heavy atom. The van der Waals surface area contributed by atoms with Gasteiger partial charge in [-0.3, -0.25) is 0 Å². The van der Waals surface area contributed by atoms with Crippen LogP contribution in [-0.2, 0) is 18.4 Å². The van der Waals surface area contributed by atoms with Crippen LogP contribution in [0.1, 0.15) is 113 Å². The fourth-order valence-corrected chi connectivity index (χ4v) is 10.7. The third kappa shape index (κ3) is 9.30. The average molecular weight is 687 g/mol. The lowest BCUT2D eigenvalue weighted by molar-refractivity contribution is -0.136. The van der Waals surface area contributed by atoms with Gasteiger partial charge in [-0.1, -0.05) is 91.8 Å². The van der Waals surface area contributed by atoms with Crippen LogP contribution in [0.25, 0.3) is 0 Å². The fourth-order valence-electron chi connectivity index (χ4n) is 8.09. The number of hydrogen-bond donors (Lipinski definition) is 1. The molecule has 1 N–H and O–H groups in total. The van der Waals surface area contributed by atoms with E-state index < -0.39 is 28.7 Å². The van der Waals surface area contributed by atoms with Crippen molar-refractivity contribution in [3.05, 3.63) is 47.6 Å². The molecule has 7 atom stereocenters. The van der Waals surface area contributed by atoms with Crippen LogP contribution < -0.4 is 0 Å². The Bertz CT molecular complexity index is 1170. The molecule has 0 bridgehead atoms. The summed E-state index contributed by atoms with van der Waals surface area (Å²) in [6, 6.07) is 0. The summed E-state index contributed by atoms with van der Waals surface area (Å²) in [5.41, 5.74) is 4.71. The van der Waals surface area contributed by atoms with Crippen molar-refractivity contribution < 1.29 is 23.5 Å². The monoisotopic (exact) mass is 686 g/mol. The SMILES string of the molecule is C=C(C[C@H](O)C[C@@H](C)C1CCC2C(=CC=C3C[C@@H](O[Si](C)(C)C(C)(C)C)C(=C)[C@H](O[Si](C)(C)C(C)(C)C)C3)CCC[C@@]21C)C(=O)OC. The molecule has 3 aliphatic rings. The molecule has 0 spiro atoms. The molecule has 0 heterocycles. The highest BCUT2D eigenvalue weighted by atomic mass is 28.4. The van der Waals surface area contributed by atoms with Crippen molar-refractivity contribution in [1.29, 1.82) is 0 Å². The summed E-state index contributed by atoms with van der Waals surface area (Å²) in [5.74, 6) is 1.06. The molecule has 47 heavy (non-hydrogen) atoms. The highest BCUT2D eigenvalue weighted by molar-refractivity contribution is 6.74. The van der Waals surface area contributed by atoms with Crippen molar-refractivity contribution in [2.45, 2.75) is 168 Å². The minimum atomic E-state index is -2.01. The average Bonchev–Trinajstić information content (AvgIpc) is 3.29.